The van der Waals surface area contributed by atoms with Gasteiger partial charge in [-0.05, 0) is 37.4 Å². The molecule has 0 aliphatic heterocycles. The lowest BCUT2D eigenvalue weighted by Crippen LogP contribution is -2.29. The van der Waals surface area contributed by atoms with E-state index in [9.17, 15) is 0 Å². The van der Waals surface area contributed by atoms with Crippen molar-refractivity contribution in [3.63, 3.8) is 0 Å². The monoisotopic (exact) mass is 257 g/mol. The number of fused-ring (bicyclic) bond motifs is 1. The first-order valence-electron chi connectivity index (χ1n) is 7.60. The van der Waals surface area contributed by atoms with Crippen molar-refractivity contribution >= 4 is 11.0 Å². The van der Waals surface area contributed by atoms with Crippen molar-refractivity contribution in [3.8, 4) is 0 Å². The minimum atomic E-state index is 0.387. The van der Waals surface area contributed by atoms with Gasteiger partial charge < -0.3 is 9.73 Å². The number of nitrogens with one attached hydrogen (secondary N) is 1. The van der Waals surface area contributed by atoms with Gasteiger partial charge in [0.2, 0.25) is 0 Å². The summed E-state index contributed by atoms with van der Waals surface area (Å²) in [5.41, 5.74) is 1.01. The molecule has 1 atom stereocenters. The maximum Gasteiger partial charge on any atom is 0.134 e. The molecule has 1 heterocycles. The highest BCUT2D eigenvalue weighted by Crippen LogP contribution is 2.36. The fourth-order valence-electron chi connectivity index (χ4n) is 3.34. The van der Waals surface area contributed by atoms with Crippen molar-refractivity contribution < 1.29 is 4.42 Å². The van der Waals surface area contributed by atoms with Gasteiger partial charge in [0, 0.05) is 5.39 Å². The van der Waals surface area contributed by atoms with Crippen LogP contribution in [0.25, 0.3) is 11.0 Å². The summed E-state index contributed by atoms with van der Waals surface area (Å²) in [5, 5.41) is 4.85. The molecule has 1 aliphatic rings. The van der Waals surface area contributed by atoms with Crippen LogP contribution in [0.4, 0.5) is 0 Å². The van der Waals surface area contributed by atoms with Gasteiger partial charge in [-0.1, -0.05) is 44.4 Å². The van der Waals surface area contributed by atoms with Crippen molar-refractivity contribution in [2.45, 2.75) is 45.1 Å². The molecule has 102 valence electrons. The third kappa shape index (κ3) is 2.69. The Balaban J connectivity index is 1.89. The number of hydrogen-bond donors (Lipinski definition) is 1. The second-order valence-electron chi connectivity index (χ2n) is 5.62. The molecule has 2 heteroatoms. The SMILES string of the molecule is CCNC(c1cc2ccccc2o1)C1CCCCC1. The molecule has 2 aromatic rings. The first-order chi connectivity index (χ1) is 9.38. The van der Waals surface area contributed by atoms with Gasteiger partial charge in [0.05, 0.1) is 6.04 Å². The van der Waals surface area contributed by atoms with E-state index in [1.807, 2.05) is 6.07 Å². The average molecular weight is 257 g/mol. The largest absolute Gasteiger partial charge is 0.459 e. The summed E-state index contributed by atoms with van der Waals surface area (Å²) in [6, 6.07) is 10.9. The topological polar surface area (TPSA) is 25.2 Å². The van der Waals surface area contributed by atoms with Gasteiger partial charge >= 0.3 is 0 Å². The molecule has 19 heavy (non-hydrogen) atoms. The highest BCUT2D eigenvalue weighted by atomic mass is 16.3. The van der Waals surface area contributed by atoms with Crippen molar-refractivity contribution in [2.75, 3.05) is 6.54 Å². The number of furan rings is 1. The zero-order valence-electron chi connectivity index (χ0n) is 11.7. The second-order valence-corrected chi connectivity index (χ2v) is 5.62. The maximum absolute atomic E-state index is 6.07. The maximum atomic E-state index is 6.07. The Morgan fingerprint density at radius 2 is 2.00 bits per heavy atom. The van der Waals surface area contributed by atoms with Crippen LogP contribution in [0.1, 0.15) is 50.8 Å². The molecule has 2 nitrogen and oxygen atoms in total. The highest BCUT2D eigenvalue weighted by Gasteiger charge is 2.26. The summed E-state index contributed by atoms with van der Waals surface area (Å²) >= 11 is 0. The van der Waals surface area contributed by atoms with Gasteiger partial charge in [-0.25, -0.2) is 0 Å². The molecule has 0 spiro atoms. The third-order valence-electron chi connectivity index (χ3n) is 4.30. The van der Waals surface area contributed by atoms with Crippen LogP contribution in [0.2, 0.25) is 0 Å². The predicted octanol–water partition coefficient (Wildman–Crippen LogP) is 4.66. The standard InChI is InChI=1S/C17H23NO/c1-2-18-17(13-8-4-3-5-9-13)16-12-14-10-6-7-11-15(14)19-16/h6-7,10-13,17-18H,2-5,8-9H2,1H3. The molecule has 0 amide bonds. The van der Waals surface area contributed by atoms with E-state index in [4.69, 9.17) is 4.42 Å². The first-order valence-corrected chi connectivity index (χ1v) is 7.60. The van der Waals surface area contributed by atoms with Crippen LogP contribution in [0, 0.1) is 5.92 Å². The Bertz CT molecular complexity index is 492. The minimum Gasteiger partial charge on any atom is -0.459 e. The van der Waals surface area contributed by atoms with Crippen LogP contribution in [0.3, 0.4) is 0 Å². The Labute approximate surface area is 115 Å². The first kappa shape index (κ1) is 12.7. The van der Waals surface area contributed by atoms with Crippen LogP contribution in [-0.2, 0) is 0 Å². The van der Waals surface area contributed by atoms with Crippen LogP contribution >= 0.6 is 0 Å². The molecule has 0 radical (unpaired) electrons. The van der Waals surface area contributed by atoms with Crippen LogP contribution in [0.15, 0.2) is 34.7 Å². The Kier molecular flexibility index (Phi) is 3.88. The fraction of sp³-hybridized carbons (Fsp3) is 0.529. The molecule has 1 saturated carbocycles. The molecule has 1 unspecified atom stereocenters. The van der Waals surface area contributed by atoms with E-state index in [1.165, 1.54) is 37.5 Å². The Morgan fingerprint density at radius 1 is 1.21 bits per heavy atom. The van der Waals surface area contributed by atoms with Gasteiger partial charge in [0.25, 0.3) is 0 Å². The zero-order chi connectivity index (χ0) is 13.1. The second kappa shape index (κ2) is 5.79. The normalized spacial score (nSPS) is 18.8. The van der Waals surface area contributed by atoms with E-state index >= 15 is 0 Å². The molecule has 3 rings (SSSR count). The lowest BCUT2D eigenvalue weighted by atomic mass is 9.83. The number of hydrogen-bond acceptors (Lipinski definition) is 2. The van der Waals surface area contributed by atoms with Gasteiger partial charge in [-0.2, -0.15) is 0 Å². The molecular formula is C17H23NO. The minimum absolute atomic E-state index is 0.387. The van der Waals surface area contributed by atoms with Crippen LogP contribution < -0.4 is 5.32 Å². The Hall–Kier alpha value is -1.28. The van der Waals surface area contributed by atoms with Crippen molar-refractivity contribution in [1.82, 2.24) is 5.32 Å². The van der Waals surface area contributed by atoms with Crippen LogP contribution in [-0.4, -0.2) is 6.54 Å². The smallest absolute Gasteiger partial charge is 0.134 e. The molecule has 0 saturated heterocycles. The summed E-state index contributed by atoms with van der Waals surface area (Å²) < 4.78 is 6.07. The summed E-state index contributed by atoms with van der Waals surface area (Å²) in [5.74, 6) is 1.85. The Morgan fingerprint density at radius 3 is 2.74 bits per heavy atom. The molecule has 1 aromatic carbocycles. The van der Waals surface area contributed by atoms with Crippen molar-refractivity contribution in [3.05, 3.63) is 36.1 Å². The van der Waals surface area contributed by atoms with Crippen molar-refractivity contribution in [1.29, 1.82) is 0 Å². The molecule has 1 N–H and O–H groups in total. The van der Waals surface area contributed by atoms with Crippen molar-refractivity contribution in [2.24, 2.45) is 5.92 Å². The number of rotatable bonds is 4. The van der Waals surface area contributed by atoms with Gasteiger partial charge in [0.1, 0.15) is 11.3 Å². The van der Waals surface area contributed by atoms with Crippen LogP contribution in [0.5, 0.6) is 0 Å². The highest BCUT2D eigenvalue weighted by molar-refractivity contribution is 5.77. The number of para-hydroxylation sites is 1. The fourth-order valence-corrected chi connectivity index (χ4v) is 3.34. The summed E-state index contributed by atoms with van der Waals surface area (Å²) in [6.07, 6.45) is 6.79. The van der Waals surface area contributed by atoms with E-state index in [0.29, 0.717) is 6.04 Å². The van der Waals surface area contributed by atoms with E-state index < -0.39 is 0 Å². The van der Waals surface area contributed by atoms with Gasteiger partial charge in [0.15, 0.2) is 0 Å². The number of benzene rings is 1. The molecule has 1 aliphatic carbocycles. The molecule has 1 fully saturated rings. The van der Waals surface area contributed by atoms with Gasteiger partial charge in [-0.3, -0.25) is 0 Å². The zero-order valence-corrected chi connectivity index (χ0v) is 11.7. The predicted molar refractivity (Wildman–Crippen MR) is 79.2 cm³/mol. The lowest BCUT2D eigenvalue weighted by molar-refractivity contribution is 0.250. The lowest BCUT2D eigenvalue weighted by Gasteiger charge is -2.29. The third-order valence-corrected chi connectivity index (χ3v) is 4.30. The molecule has 1 aromatic heterocycles. The summed E-state index contributed by atoms with van der Waals surface area (Å²) in [7, 11) is 0. The molecule has 0 bridgehead atoms. The summed E-state index contributed by atoms with van der Waals surface area (Å²) in [6.45, 7) is 3.18. The summed E-state index contributed by atoms with van der Waals surface area (Å²) in [4.78, 5) is 0. The molecular weight excluding hydrogens is 234 g/mol. The van der Waals surface area contributed by atoms with E-state index in [-0.39, 0.29) is 0 Å². The van der Waals surface area contributed by atoms with E-state index in [1.54, 1.807) is 0 Å². The quantitative estimate of drug-likeness (QED) is 0.861. The van der Waals surface area contributed by atoms with E-state index in [2.05, 4.69) is 36.5 Å². The van der Waals surface area contributed by atoms with E-state index in [0.717, 1.165) is 23.8 Å². The van der Waals surface area contributed by atoms with Gasteiger partial charge in [-0.15, -0.1) is 0 Å². The average Bonchev–Trinajstić information content (AvgIpc) is 2.89.